The third-order valence-electron chi connectivity index (χ3n) is 3.41. The van der Waals surface area contributed by atoms with Crippen molar-refractivity contribution in [2.24, 2.45) is 5.10 Å². The first-order valence-corrected chi connectivity index (χ1v) is 7.73. The van der Waals surface area contributed by atoms with Gasteiger partial charge in [0.05, 0.1) is 24.1 Å². The molecule has 0 spiro atoms. The first-order valence-electron chi connectivity index (χ1n) is 7.35. The van der Waals surface area contributed by atoms with Crippen molar-refractivity contribution >= 4 is 17.4 Å². The fourth-order valence-corrected chi connectivity index (χ4v) is 2.44. The molecule has 0 atom stereocenters. The second-order valence-corrected chi connectivity index (χ2v) is 5.39. The van der Waals surface area contributed by atoms with E-state index in [1.54, 1.807) is 25.1 Å². The lowest BCUT2D eigenvalue weighted by molar-refractivity contribution is 0.293. The Labute approximate surface area is 139 Å². The first-order chi connectivity index (χ1) is 11.3. The zero-order valence-corrected chi connectivity index (χ0v) is 13.5. The van der Waals surface area contributed by atoms with Crippen molar-refractivity contribution in [3.63, 3.8) is 0 Å². The summed E-state index contributed by atoms with van der Waals surface area (Å²) < 4.78 is 6.99. The molecule has 0 radical (unpaired) electrons. The van der Waals surface area contributed by atoms with E-state index in [0.29, 0.717) is 11.6 Å². The minimum Gasteiger partial charge on any atom is -0.472 e. The Kier molecular flexibility index (Phi) is 4.78. The van der Waals surface area contributed by atoms with Gasteiger partial charge >= 0.3 is 0 Å². The molecular weight excluding hydrogens is 312 g/mol. The van der Waals surface area contributed by atoms with E-state index in [1.165, 1.54) is 0 Å². The molecule has 118 valence electrons. The normalized spacial score (nSPS) is 11.7. The molecule has 23 heavy (non-hydrogen) atoms. The Morgan fingerprint density at radius 3 is 2.87 bits per heavy atom. The molecule has 0 saturated heterocycles. The number of rotatable bonds is 5. The predicted octanol–water partition coefficient (Wildman–Crippen LogP) is 3.86. The van der Waals surface area contributed by atoms with Crippen LogP contribution in [0.25, 0.3) is 0 Å². The van der Waals surface area contributed by atoms with Crippen LogP contribution in [-0.4, -0.2) is 26.9 Å². The van der Waals surface area contributed by atoms with Gasteiger partial charge in [-0.25, -0.2) is 4.98 Å². The van der Waals surface area contributed by atoms with Crippen LogP contribution in [0.15, 0.2) is 71.1 Å². The molecule has 3 rings (SSSR count). The fraction of sp³-hybridized carbons (Fsp3) is 0.176. The SMILES string of the molecule is CCN(Cc1ccoc1)N=C(c1ccccc1Cl)n1ccnc1. The zero-order chi connectivity index (χ0) is 16.1. The summed E-state index contributed by atoms with van der Waals surface area (Å²) in [5.41, 5.74) is 1.93. The molecule has 5 nitrogen and oxygen atoms in total. The molecule has 1 aromatic carbocycles. The summed E-state index contributed by atoms with van der Waals surface area (Å²) >= 11 is 6.36. The average molecular weight is 329 g/mol. The maximum Gasteiger partial charge on any atom is 0.166 e. The van der Waals surface area contributed by atoms with Crippen molar-refractivity contribution in [2.45, 2.75) is 13.5 Å². The fourth-order valence-electron chi connectivity index (χ4n) is 2.22. The van der Waals surface area contributed by atoms with Gasteiger partial charge in [-0.15, -0.1) is 0 Å². The van der Waals surface area contributed by atoms with E-state index in [0.717, 1.165) is 23.5 Å². The third-order valence-corrected chi connectivity index (χ3v) is 3.74. The summed E-state index contributed by atoms with van der Waals surface area (Å²) in [4.78, 5) is 4.11. The number of hydrogen-bond acceptors (Lipinski definition) is 4. The third kappa shape index (κ3) is 3.63. The van der Waals surface area contributed by atoms with E-state index in [-0.39, 0.29) is 0 Å². The van der Waals surface area contributed by atoms with Crippen LogP contribution in [0.3, 0.4) is 0 Å². The van der Waals surface area contributed by atoms with E-state index < -0.39 is 0 Å². The van der Waals surface area contributed by atoms with E-state index >= 15 is 0 Å². The highest BCUT2D eigenvalue weighted by Crippen LogP contribution is 2.18. The summed E-state index contributed by atoms with van der Waals surface area (Å²) in [5.74, 6) is 0.735. The molecule has 2 heterocycles. The molecule has 0 fully saturated rings. The van der Waals surface area contributed by atoms with Crippen LogP contribution in [0.4, 0.5) is 0 Å². The Morgan fingerprint density at radius 2 is 2.22 bits per heavy atom. The Bertz CT molecular complexity index is 766. The smallest absolute Gasteiger partial charge is 0.166 e. The second-order valence-electron chi connectivity index (χ2n) is 4.99. The van der Waals surface area contributed by atoms with Gasteiger partial charge in [-0.2, -0.15) is 5.10 Å². The Balaban J connectivity index is 1.99. The van der Waals surface area contributed by atoms with Crippen LogP contribution in [0.5, 0.6) is 0 Å². The van der Waals surface area contributed by atoms with E-state index in [9.17, 15) is 0 Å². The van der Waals surface area contributed by atoms with Gasteiger partial charge in [0, 0.05) is 30.1 Å². The maximum atomic E-state index is 6.36. The standard InChI is InChI=1S/C17H17ClN4O/c1-2-22(11-14-7-10-23-12-14)20-17(21-9-8-19-13-21)15-5-3-4-6-16(15)18/h3-10,12-13H,2,11H2,1H3. The van der Waals surface area contributed by atoms with E-state index in [1.807, 2.05) is 46.1 Å². The van der Waals surface area contributed by atoms with Gasteiger partial charge in [-0.05, 0) is 25.1 Å². The van der Waals surface area contributed by atoms with Gasteiger partial charge in [0.1, 0.15) is 6.33 Å². The number of aromatic nitrogens is 2. The molecule has 0 saturated carbocycles. The lowest BCUT2D eigenvalue weighted by atomic mass is 10.2. The van der Waals surface area contributed by atoms with Gasteiger partial charge in [-0.1, -0.05) is 23.7 Å². The molecule has 0 amide bonds. The van der Waals surface area contributed by atoms with Gasteiger partial charge in [0.2, 0.25) is 0 Å². The number of hydrogen-bond donors (Lipinski definition) is 0. The summed E-state index contributed by atoms with van der Waals surface area (Å²) in [6.07, 6.45) is 8.68. The molecule has 0 unspecified atom stereocenters. The second kappa shape index (κ2) is 7.15. The topological polar surface area (TPSA) is 46.6 Å². The molecule has 0 N–H and O–H groups in total. The number of nitrogens with zero attached hydrogens (tertiary/aromatic N) is 4. The first kappa shape index (κ1) is 15.4. The molecule has 0 bridgehead atoms. The highest BCUT2D eigenvalue weighted by molar-refractivity contribution is 6.34. The Hall–Kier alpha value is -2.53. The summed E-state index contributed by atoms with van der Waals surface area (Å²) in [5, 5.41) is 7.40. The Morgan fingerprint density at radius 1 is 1.35 bits per heavy atom. The van der Waals surface area contributed by atoms with Crippen molar-refractivity contribution < 1.29 is 4.42 Å². The monoisotopic (exact) mass is 328 g/mol. The summed E-state index contributed by atoms with van der Waals surface area (Å²) in [7, 11) is 0. The van der Waals surface area contributed by atoms with Crippen LogP contribution >= 0.6 is 11.6 Å². The van der Waals surface area contributed by atoms with Crippen molar-refractivity contribution in [3.8, 4) is 0 Å². The minimum absolute atomic E-state index is 0.652. The van der Waals surface area contributed by atoms with Crippen LogP contribution in [0.2, 0.25) is 5.02 Å². The number of benzene rings is 1. The quantitative estimate of drug-likeness (QED) is 0.406. The summed E-state index contributed by atoms with van der Waals surface area (Å²) in [6, 6.07) is 9.59. The highest BCUT2D eigenvalue weighted by Gasteiger charge is 2.12. The molecule has 0 aliphatic rings. The molecule has 6 heteroatoms. The largest absolute Gasteiger partial charge is 0.472 e. The number of furan rings is 1. The van der Waals surface area contributed by atoms with Crippen LogP contribution < -0.4 is 0 Å². The van der Waals surface area contributed by atoms with Crippen LogP contribution in [0.1, 0.15) is 18.1 Å². The number of halogens is 1. The molecular formula is C17H17ClN4O. The average Bonchev–Trinajstić information content (AvgIpc) is 3.26. The highest BCUT2D eigenvalue weighted by atomic mass is 35.5. The summed E-state index contributed by atoms with van der Waals surface area (Å²) in [6.45, 7) is 3.48. The van der Waals surface area contributed by atoms with Gasteiger partial charge in [0.25, 0.3) is 0 Å². The van der Waals surface area contributed by atoms with Gasteiger partial charge in [0.15, 0.2) is 5.84 Å². The molecule has 2 aromatic heterocycles. The van der Waals surface area contributed by atoms with Crippen molar-refractivity contribution in [1.82, 2.24) is 14.6 Å². The lowest BCUT2D eigenvalue weighted by Gasteiger charge is -2.19. The van der Waals surface area contributed by atoms with Crippen LogP contribution in [0, 0.1) is 0 Å². The predicted molar refractivity (Wildman–Crippen MR) is 90.4 cm³/mol. The van der Waals surface area contributed by atoms with Crippen LogP contribution in [-0.2, 0) is 6.54 Å². The van der Waals surface area contributed by atoms with E-state index in [2.05, 4.69) is 11.9 Å². The minimum atomic E-state index is 0.652. The molecule has 0 aliphatic heterocycles. The lowest BCUT2D eigenvalue weighted by Crippen LogP contribution is -2.22. The van der Waals surface area contributed by atoms with Crippen molar-refractivity contribution in [2.75, 3.05) is 6.54 Å². The van der Waals surface area contributed by atoms with E-state index in [4.69, 9.17) is 21.1 Å². The van der Waals surface area contributed by atoms with Crippen molar-refractivity contribution in [1.29, 1.82) is 0 Å². The van der Waals surface area contributed by atoms with Gasteiger partial charge in [-0.3, -0.25) is 9.58 Å². The zero-order valence-electron chi connectivity index (χ0n) is 12.8. The molecule has 3 aromatic rings. The van der Waals surface area contributed by atoms with Gasteiger partial charge < -0.3 is 4.42 Å². The maximum absolute atomic E-state index is 6.36. The number of imidazole rings is 1. The van der Waals surface area contributed by atoms with Crippen molar-refractivity contribution in [3.05, 3.63) is 77.7 Å². The molecule has 0 aliphatic carbocycles. The number of hydrazone groups is 1.